The van der Waals surface area contributed by atoms with Gasteiger partial charge in [-0.05, 0) is 32.6 Å². The highest BCUT2D eigenvalue weighted by atomic mass is 16.5. The third kappa shape index (κ3) is 4.38. The highest BCUT2D eigenvalue weighted by molar-refractivity contribution is 5.88. The third-order valence-electron chi connectivity index (χ3n) is 3.31. The van der Waals surface area contributed by atoms with Gasteiger partial charge >= 0.3 is 5.97 Å². The van der Waals surface area contributed by atoms with Crippen LogP contribution in [0.5, 0.6) is 0 Å². The van der Waals surface area contributed by atoms with Gasteiger partial charge in [0.15, 0.2) is 0 Å². The lowest BCUT2D eigenvalue weighted by molar-refractivity contribution is -0.138. The van der Waals surface area contributed by atoms with Crippen molar-refractivity contribution < 1.29 is 9.53 Å². The fourth-order valence-electron chi connectivity index (χ4n) is 1.71. The molecule has 16 heavy (non-hydrogen) atoms. The lowest BCUT2D eigenvalue weighted by Crippen LogP contribution is -2.18. The number of carbonyl (C=O) groups is 1. The minimum Gasteiger partial charge on any atom is -0.463 e. The van der Waals surface area contributed by atoms with Crippen LogP contribution in [0, 0.1) is 5.41 Å². The summed E-state index contributed by atoms with van der Waals surface area (Å²) in [5.74, 6) is -0.176. The zero-order valence-electron chi connectivity index (χ0n) is 11.6. The molecule has 0 aromatic rings. The molecule has 0 heterocycles. The van der Waals surface area contributed by atoms with E-state index >= 15 is 0 Å². The smallest absolute Gasteiger partial charge is 0.333 e. The third-order valence-corrected chi connectivity index (χ3v) is 3.31. The summed E-state index contributed by atoms with van der Waals surface area (Å²) < 4.78 is 5.03. The monoisotopic (exact) mass is 226 g/mol. The van der Waals surface area contributed by atoms with Gasteiger partial charge in [-0.3, -0.25) is 0 Å². The van der Waals surface area contributed by atoms with Crippen molar-refractivity contribution in [3.05, 3.63) is 11.1 Å². The summed E-state index contributed by atoms with van der Waals surface area (Å²) in [6, 6.07) is 0. The maximum absolute atomic E-state index is 11.6. The number of ether oxygens (including phenoxy) is 1. The van der Waals surface area contributed by atoms with E-state index in [0.29, 0.717) is 6.61 Å². The number of unbranched alkanes of at least 4 members (excludes halogenated alkanes) is 1. The van der Waals surface area contributed by atoms with Crippen LogP contribution in [-0.4, -0.2) is 12.6 Å². The molecule has 0 spiro atoms. The predicted octanol–water partition coefficient (Wildman–Crippen LogP) is 4.10. The van der Waals surface area contributed by atoms with E-state index in [-0.39, 0.29) is 11.4 Å². The van der Waals surface area contributed by atoms with Crippen LogP contribution in [0.15, 0.2) is 11.1 Å². The molecule has 0 aliphatic carbocycles. The fourth-order valence-corrected chi connectivity index (χ4v) is 1.71. The normalized spacial score (nSPS) is 13.4. The average Bonchev–Trinajstić information content (AvgIpc) is 2.24. The van der Waals surface area contributed by atoms with Crippen LogP contribution in [0.1, 0.15) is 60.8 Å². The molecule has 2 heteroatoms. The summed E-state index contributed by atoms with van der Waals surface area (Å²) in [6.07, 6.45) is 3.50. The Labute approximate surface area is 100 Å². The number of esters is 1. The van der Waals surface area contributed by atoms with E-state index in [1.54, 1.807) is 0 Å². The highest BCUT2D eigenvalue weighted by Gasteiger charge is 2.23. The molecule has 0 N–H and O–H groups in total. The van der Waals surface area contributed by atoms with E-state index in [4.69, 9.17) is 4.74 Å². The van der Waals surface area contributed by atoms with E-state index in [2.05, 4.69) is 20.8 Å². The van der Waals surface area contributed by atoms with Crippen LogP contribution in [-0.2, 0) is 9.53 Å². The maximum atomic E-state index is 11.6. The second-order valence-electron chi connectivity index (χ2n) is 4.96. The van der Waals surface area contributed by atoms with Crippen LogP contribution in [0.25, 0.3) is 0 Å². The summed E-state index contributed by atoms with van der Waals surface area (Å²) in [5.41, 5.74) is 2.01. The molecule has 0 aliphatic heterocycles. The Bertz CT molecular complexity index is 262. The number of rotatable bonds is 6. The molecule has 0 amide bonds. The first-order valence-corrected chi connectivity index (χ1v) is 6.21. The van der Waals surface area contributed by atoms with Crippen molar-refractivity contribution >= 4 is 5.97 Å². The number of hydrogen-bond acceptors (Lipinski definition) is 2. The van der Waals surface area contributed by atoms with E-state index in [1.807, 2.05) is 20.8 Å². The van der Waals surface area contributed by atoms with Gasteiger partial charge in [0, 0.05) is 5.57 Å². The second-order valence-corrected chi connectivity index (χ2v) is 4.96. The van der Waals surface area contributed by atoms with Crippen molar-refractivity contribution in [2.45, 2.75) is 60.8 Å². The molecule has 0 bridgehead atoms. The predicted molar refractivity (Wildman–Crippen MR) is 68.3 cm³/mol. The second kappa shape index (κ2) is 6.72. The number of allylic oxidation sites excluding steroid dienone is 1. The molecule has 0 aromatic heterocycles. The molecular weight excluding hydrogens is 200 g/mol. The number of carbonyl (C=O) groups excluding carboxylic acids is 1. The van der Waals surface area contributed by atoms with Crippen molar-refractivity contribution in [1.29, 1.82) is 0 Å². The maximum Gasteiger partial charge on any atom is 0.333 e. The zero-order chi connectivity index (χ0) is 12.8. The lowest BCUT2D eigenvalue weighted by atomic mass is 9.78. The Morgan fingerprint density at radius 1 is 1.19 bits per heavy atom. The van der Waals surface area contributed by atoms with Crippen LogP contribution in [0.3, 0.4) is 0 Å². The number of hydrogen-bond donors (Lipinski definition) is 0. The summed E-state index contributed by atoms with van der Waals surface area (Å²) >= 11 is 0. The van der Waals surface area contributed by atoms with E-state index < -0.39 is 0 Å². The van der Waals surface area contributed by atoms with Gasteiger partial charge in [0.2, 0.25) is 0 Å². The summed E-state index contributed by atoms with van der Waals surface area (Å²) in [6.45, 7) is 12.8. The van der Waals surface area contributed by atoms with Gasteiger partial charge in [0.1, 0.15) is 0 Å². The van der Waals surface area contributed by atoms with Gasteiger partial charge in [-0.1, -0.05) is 39.2 Å². The first-order valence-electron chi connectivity index (χ1n) is 6.21. The summed E-state index contributed by atoms with van der Waals surface area (Å²) in [5, 5.41) is 0. The standard InChI is InChI=1S/C14H26O2/c1-7-9-10-14(5,6)12(4)11(3)13(15)16-8-2/h7-10H2,1-6H3. The lowest BCUT2D eigenvalue weighted by Gasteiger charge is -2.27. The topological polar surface area (TPSA) is 26.3 Å². The van der Waals surface area contributed by atoms with Gasteiger partial charge in [0.25, 0.3) is 0 Å². The van der Waals surface area contributed by atoms with Crippen LogP contribution in [0.4, 0.5) is 0 Å². The molecule has 94 valence electrons. The van der Waals surface area contributed by atoms with Crippen LogP contribution >= 0.6 is 0 Å². The van der Waals surface area contributed by atoms with Crippen molar-refractivity contribution in [3.63, 3.8) is 0 Å². The molecule has 0 saturated heterocycles. The molecule has 0 atom stereocenters. The largest absolute Gasteiger partial charge is 0.463 e. The van der Waals surface area contributed by atoms with Crippen LogP contribution in [0.2, 0.25) is 0 Å². The minimum absolute atomic E-state index is 0.0901. The Hall–Kier alpha value is -0.790. The van der Waals surface area contributed by atoms with Gasteiger partial charge in [0.05, 0.1) is 6.61 Å². The van der Waals surface area contributed by atoms with Gasteiger partial charge in [-0.25, -0.2) is 4.79 Å². The fraction of sp³-hybridized carbons (Fsp3) is 0.786. The highest BCUT2D eigenvalue weighted by Crippen LogP contribution is 2.34. The SMILES string of the molecule is CCCCC(C)(C)C(C)=C(C)C(=O)OCC. The molecule has 0 aliphatic rings. The van der Waals surface area contributed by atoms with E-state index in [0.717, 1.165) is 17.6 Å². The Kier molecular flexibility index (Phi) is 6.39. The quantitative estimate of drug-likeness (QED) is 0.503. The first-order chi connectivity index (χ1) is 7.36. The summed E-state index contributed by atoms with van der Waals surface area (Å²) in [4.78, 5) is 11.6. The van der Waals surface area contributed by atoms with Gasteiger partial charge < -0.3 is 4.74 Å². The average molecular weight is 226 g/mol. The van der Waals surface area contributed by atoms with Crippen molar-refractivity contribution in [2.75, 3.05) is 6.61 Å². The molecule has 0 saturated carbocycles. The van der Waals surface area contributed by atoms with E-state index in [1.165, 1.54) is 12.8 Å². The Balaban J connectivity index is 4.77. The van der Waals surface area contributed by atoms with Crippen molar-refractivity contribution in [1.82, 2.24) is 0 Å². The Morgan fingerprint density at radius 3 is 2.19 bits per heavy atom. The molecular formula is C14H26O2. The van der Waals surface area contributed by atoms with Crippen LogP contribution < -0.4 is 0 Å². The van der Waals surface area contributed by atoms with Gasteiger partial charge in [-0.2, -0.15) is 0 Å². The molecule has 0 radical (unpaired) electrons. The molecule has 0 rings (SSSR count). The molecule has 2 nitrogen and oxygen atoms in total. The van der Waals surface area contributed by atoms with Gasteiger partial charge in [-0.15, -0.1) is 0 Å². The minimum atomic E-state index is -0.176. The molecule has 0 aromatic carbocycles. The Morgan fingerprint density at radius 2 is 1.75 bits per heavy atom. The van der Waals surface area contributed by atoms with E-state index in [9.17, 15) is 4.79 Å². The summed E-state index contributed by atoms with van der Waals surface area (Å²) in [7, 11) is 0. The first kappa shape index (κ1) is 15.2. The zero-order valence-corrected chi connectivity index (χ0v) is 11.6. The van der Waals surface area contributed by atoms with Crippen molar-refractivity contribution in [2.24, 2.45) is 5.41 Å². The van der Waals surface area contributed by atoms with Crippen molar-refractivity contribution in [3.8, 4) is 0 Å². The molecule has 0 fully saturated rings. The molecule has 0 unspecified atom stereocenters.